The van der Waals surface area contributed by atoms with Crippen LogP contribution in [0, 0.1) is 24.6 Å². The fraction of sp³-hybridized carbons (Fsp3) is 0.143. The Morgan fingerprint density at radius 1 is 1.55 bits per heavy atom. The SMILES string of the molecule is Cc1cnoc1C(=O)Nc1ccc(C#CCO)c(F)c1. The topological polar surface area (TPSA) is 75.4 Å². The molecule has 2 aromatic rings. The van der Waals surface area contributed by atoms with E-state index in [1.165, 1.54) is 18.3 Å². The van der Waals surface area contributed by atoms with E-state index in [1.807, 2.05) is 0 Å². The van der Waals surface area contributed by atoms with Gasteiger partial charge in [-0.2, -0.15) is 0 Å². The van der Waals surface area contributed by atoms with E-state index in [0.29, 0.717) is 5.56 Å². The second-order valence-electron chi connectivity index (χ2n) is 3.95. The van der Waals surface area contributed by atoms with Crippen LogP contribution in [0.15, 0.2) is 28.9 Å². The van der Waals surface area contributed by atoms with E-state index in [-0.39, 0.29) is 23.6 Å². The van der Waals surface area contributed by atoms with E-state index < -0.39 is 11.7 Å². The average molecular weight is 274 g/mol. The van der Waals surface area contributed by atoms with Crippen LogP contribution in [0.4, 0.5) is 10.1 Å². The number of hydrogen-bond donors (Lipinski definition) is 2. The van der Waals surface area contributed by atoms with E-state index in [4.69, 9.17) is 9.63 Å². The van der Waals surface area contributed by atoms with Gasteiger partial charge in [0.25, 0.3) is 5.91 Å². The highest BCUT2D eigenvalue weighted by molar-refractivity contribution is 6.03. The van der Waals surface area contributed by atoms with E-state index in [1.54, 1.807) is 6.92 Å². The van der Waals surface area contributed by atoms with Gasteiger partial charge in [-0.05, 0) is 25.1 Å². The summed E-state index contributed by atoms with van der Waals surface area (Å²) in [5.74, 6) is 3.80. The Hall–Kier alpha value is -2.65. The number of carbonyl (C=O) groups is 1. The van der Waals surface area contributed by atoms with Gasteiger partial charge in [0.15, 0.2) is 0 Å². The van der Waals surface area contributed by atoms with Crippen molar-refractivity contribution in [3.63, 3.8) is 0 Å². The van der Waals surface area contributed by atoms with Crippen molar-refractivity contribution in [1.82, 2.24) is 5.16 Å². The van der Waals surface area contributed by atoms with Crippen LogP contribution >= 0.6 is 0 Å². The van der Waals surface area contributed by atoms with Crippen molar-refractivity contribution in [3.05, 3.63) is 47.1 Å². The maximum Gasteiger partial charge on any atom is 0.294 e. The summed E-state index contributed by atoms with van der Waals surface area (Å²) in [5.41, 5.74) is 1.01. The predicted octanol–water partition coefficient (Wildman–Crippen LogP) is 1.72. The third-order valence-electron chi connectivity index (χ3n) is 2.48. The van der Waals surface area contributed by atoms with Crippen molar-refractivity contribution in [2.75, 3.05) is 11.9 Å². The van der Waals surface area contributed by atoms with Crippen LogP contribution in [0.2, 0.25) is 0 Å². The third-order valence-corrected chi connectivity index (χ3v) is 2.48. The molecule has 1 amide bonds. The predicted molar refractivity (Wildman–Crippen MR) is 69.6 cm³/mol. The summed E-state index contributed by atoms with van der Waals surface area (Å²) >= 11 is 0. The molecule has 1 aromatic carbocycles. The number of nitrogens with one attached hydrogen (secondary N) is 1. The molecule has 0 aliphatic carbocycles. The van der Waals surface area contributed by atoms with Crippen LogP contribution in [0.1, 0.15) is 21.7 Å². The minimum atomic E-state index is -0.585. The molecule has 0 radical (unpaired) electrons. The maximum atomic E-state index is 13.7. The first-order chi connectivity index (χ1) is 9.61. The normalized spacial score (nSPS) is 9.75. The largest absolute Gasteiger partial charge is 0.384 e. The second kappa shape index (κ2) is 5.99. The minimum Gasteiger partial charge on any atom is -0.384 e. The Kier molecular flexibility index (Phi) is 4.13. The fourth-order valence-corrected chi connectivity index (χ4v) is 1.53. The van der Waals surface area contributed by atoms with Crippen molar-refractivity contribution >= 4 is 11.6 Å². The number of anilines is 1. The van der Waals surface area contributed by atoms with Crippen LogP contribution in [-0.4, -0.2) is 22.8 Å². The molecule has 5 nitrogen and oxygen atoms in total. The molecule has 0 atom stereocenters. The molecule has 2 rings (SSSR count). The number of halogens is 1. The highest BCUT2D eigenvalue weighted by Crippen LogP contribution is 2.16. The van der Waals surface area contributed by atoms with E-state index in [2.05, 4.69) is 22.3 Å². The summed E-state index contributed by atoms with van der Waals surface area (Å²) in [6, 6.07) is 4.07. The Morgan fingerprint density at radius 2 is 2.35 bits per heavy atom. The zero-order chi connectivity index (χ0) is 14.5. The van der Waals surface area contributed by atoms with Gasteiger partial charge in [0.05, 0.1) is 11.8 Å². The second-order valence-corrected chi connectivity index (χ2v) is 3.95. The first-order valence-corrected chi connectivity index (χ1v) is 5.73. The first kappa shape index (κ1) is 13.8. The van der Waals surface area contributed by atoms with E-state index in [0.717, 1.165) is 6.07 Å². The van der Waals surface area contributed by atoms with Crippen LogP contribution in [0.3, 0.4) is 0 Å². The van der Waals surface area contributed by atoms with Gasteiger partial charge in [-0.15, -0.1) is 0 Å². The molecule has 1 aromatic heterocycles. The van der Waals surface area contributed by atoms with E-state index in [9.17, 15) is 9.18 Å². The van der Waals surface area contributed by atoms with Crippen molar-refractivity contribution in [3.8, 4) is 11.8 Å². The average Bonchev–Trinajstić information content (AvgIpc) is 2.84. The fourth-order valence-electron chi connectivity index (χ4n) is 1.53. The maximum absolute atomic E-state index is 13.7. The van der Waals surface area contributed by atoms with Crippen molar-refractivity contribution < 1.29 is 18.8 Å². The van der Waals surface area contributed by atoms with Crippen molar-refractivity contribution in [2.24, 2.45) is 0 Å². The molecule has 102 valence electrons. The molecule has 20 heavy (non-hydrogen) atoms. The van der Waals surface area contributed by atoms with Crippen LogP contribution < -0.4 is 5.32 Å². The summed E-state index contributed by atoms with van der Waals surface area (Å²) in [5, 5.41) is 14.6. The number of rotatable bonds is 2. The minimum absolute atomic E-state index is 0.0783. The van der Waals surface area contributed by atoms with Crippen molar-refractivity contribution in [2.45, 2.75) is 6.92 Å². The van der Waals surface area contributed by atoms with Gasteiger partial charge in [-0.3, -0.25) is 4.79 Å². The number of nitrogens with zero attached hydrogens (tertiary/aromatic N) is 1. The summed E-state index contributed by atoms with van der Waals surface area (Å²) < 4.78 is 18.5. The van der Waals surface area contributed by atoms with E-state index >= 15 is 0 Å². The molecule has 0 aliphatic heterocycles. The summed E-state index contributed by atoms with van der Waals surface area (Å²) in [7, 11) is 0. The number of benzene rings is 1. The van der Waals surface area contributed by atoms with Gasteiger partial charge in [0, 0.05) is 11.3 Å². The van der Waals surface area contributed by atoms with Crippen LogP contribution in [0.5, 0.6) is 0 Å². The molecule has 0 saturated carbocycles. The number of carbonyl (C=O) groups excluding carboxylic acids is 1. The standard InChI is InChI=1S/C14H11FN2O3/c1-9-8-16-20-13(9)14(19)17-11-5-4-10(3-2-6-18)12(15)7-11/h4-5,7-8,18H,6H2,1H3,(H,17,19). The summed E-state index contributed by atoms with van der Waals surface area (Å²) in [6.45, 7) is 1.34. The summed E-state index contributed by atoms with van der Waals surface area (Å²) in [6.07, 6.45) is 1.42. The number of hydrogen-bond acceptors (Lipinski definition) is 4. The Bertz CT molecular complexity index is 698. The Balaban J connectivity index is 2.17. The lowest BCUT2D eigenvalue weighted by Crippen LogP contribution is -2.12. The molecule has 0 unspecified atom stereocenters. The van der Waals surface area contributed by atoms with Gasteiger partial charge < -0.3 is 14.9 Å². The molecular formula is C14H11FN2O3. The lowest BCUT2D eigenvalue weighted by molar-refractivity contribution is 0.0987. The lowest BCUT2D eigenvalue weighted by atomic mass is 10.2. The van der Waals surface area contributed by atoms with Crippen LogP contribution in [-0.2, 0) is 0 Å². The number of amides is 1. The van der Waals surface area contributed by atoms with Crippen LogP contribution in [0.25, 0.3) is 0 Å². The summed E-state index contributed by atoms with van der Waals surface area (Å²) in [4.78, 5) is 11.8. The number of aliphatic hydroxyl groups excluding tert-OH is 1. The van der Waals surface area contributed by atoms with Gasteiger partial charge in [-0.25, -0.2) is 4.39 Å². The van der Waals surface area contributed by atoms with Gasteiger partial charge in [0.2, 0.25) is 5.76 Å². The molecular weight excluding hydrogens is 263 g/mol. The zero-order valence-electron chi connectivity index (χ0n) is 10.6. The number of aryl methyl sites for hydroxylation is 1. The highest BCUT2D eigenvalue weighted by Gasteiger charge is 2.14. The quantitative estimate of drug-likeness (QED) is 0.818. The van der Waals surface area contributed by atoms with Gasteiger partial charge >= 0.3 is 0 Å². The Morgan fingerprint density at radius 3 is 2.95 bits per heavy atom. The molecule has 0 fully saturated rings. The van der Waals surface area contributed by atoms with Gasteiger partial charge in [0.1, 0.15) is 12.4 Å². The highest BCUT2D eigenvalue weighted by atomic mass is 19.1. The lowest BCUT2D eigenvalue weighted by Gasteiger charge is -2.04. The molecule has 0 saturated heterocycles. The zero-order valence-corrected chi connectivity index (χ0v) is 10.6. The molecule has 0 spiro atoms. The molecule has 6 heteroatoms. The molecule has 0 bridgehead atoms. The monoisotopic (exact) mass is 274 g/mol. The Labute approximate surface area is 114 Å². The number of aliphatic hydroxyl groups is 1. The first-order valence-electron chi connectivity index (χ1n) is 5.73. The van der Waals surface area contributed by atoms with Gasteiger partial charge in [-0.1, -0.05) is 17.0 Å². The molecule has 2 N–H and O–H groups in total. The molecule has 0 aliphatic rings. The number of aromatic nitrogens is 1. The molecule has 1 heterocycles. The van der Waals surface area contributed by atoms with Crippen molar-refractivity contribution in [1.29, 1.82) is 0 Å². The smallest absolute Gasteiger partial charge is 0.294 e. The third kappa shape index (κ3) is 3.02.